The van der Waals surface area contributed by atoms with Crippen molar-refractivity contribution >= 4 is 29.2 Å². The number of nitrogens with zero attached hydrogens (tertiary/aromatic N) is 3. The summed E-state index contributed by atoms with van der Waals surface area (Å²) in [6.45, 7) is 1.84. The Kier molecular flexibility index (Phi) is 5.76. The van der Waals surface area contributed by atoms with Gasteiger partial charge < -0.3 is 4.74 Å². The van der Waals surface area contributed by atoms with Crippen LogP contribution in [-0.2, 0) is 4.74 Å². The van der Waals surface area contributed by atoms with Crippen molar-refractivity contribution in [2.45, 2.75) is 6.92 Å². The van der Waals surface area contributed by atoms with Crippen LogP contribution in [0.4, 0.5) is 5.69 Å². The Bertz CT molecular complexity index is 864. The number of carbonyl (C=O) groups is 1. The number of carbonyl (C=O) groups excluding carboxylic acids is 1. The fourth-order valence-electron chi connectivity index (χ4n) is 1.62. The van der Waals surface area contributed by atoms with E-state index >= 15 is 0 Å². The number of aromatic nitrogens is 1. The molecule has 6 nitrogen and oxygen atoms in total. The number of hydrogen-bond donors (Lipinski definition) is 0. The maximum Gasteiger partial charge on any atom is 0.348 e. The topological polar surface area (TPSA) is 73.0 Å². The van der Waals surface area contributed by atoms with Crippen LogP contribution in [0.15, 0.2) is 63.4 Å². The number of methoxy groups -OCH3 is 1. The van der Waals surface area contributed by atoms with Crippen molar-refractivity contribution < 1.29 is 9.53 Å². The third-order valence-electron chi connectivity index (χ3n) is 2.67. The summed E-state index contributed by atoms with van der Waals surface area (Å²) in [5.41, 5.74) is 0.194. The van der Waals surface area contributed by atoms with Gasteiger partial charge in [0, 0.05) is 12.3 Å². The highest BCUT2D eigenvalue weighted by atomic mass is 32.1. The van der Waals surface area contributed by atoms with E-state index in [1.165, 1.54) is 19.4 Å². The highest BCUT2D eigenvalue weighted by Crippen LogP contribution is 2.09. The molecule has 0 aliphatic heterocycles. The van der Waals surface area contributed by atoms with Crippen LogP contribution in [0.1, 0.15) is 16.6 Å². The molecular weight excluding hydrogens is 314 g/mol. The molecule has 1 heterocycles. The van der Waals surface area contributed by atoms with E-state index in [1.807, 2.05) is 25.1 Å². The molecule has 0 unspecified atom stereocenters. The molecule has 2 rings (SSSR count). The first-order chi connectivity index (χ1) is 11.2. The molecule has 0 amide bonds. The van der Waals surface area contributed by atoms with E-state index in [1.54, 1.807) is 24.3 Å². The van der Waals surface area contributed by atoms with Gasteiger partial charge in [-0.1, -0.05) is 35.6 Å². The lowest BCUT2D eigenvalue weighted by Gasteiger charge is -2.02. The molecule has 0 radical (unpaired) electrons. The minimum atomic E-state index is -0.582. The highest BCUT2D eigenvalue weighted by molar-refractivity contribution is 7.11. The molecule has 0 aliphatic carbocycles. The zero-order valence-electron chi connectivity index (χ0n) is 12.7. The molecule has 0 atom stereocenters. The van der Waals surface area contributed by atoms with E-state index in [0.29, 0.717) is 5.69 Å². The van der Waals surface area contributed by atoms with E-state index < -0.39 is 11.5 Å². The molecule has 1 aromatic carbocycles. The second-order valence-electron chi connectivity index (χ2n) is 4.27. The molecule has 2 aromatic rings. The minimum absolute atomic E-state index is 0.171. The minimum Gasteiger partial charge on any atom is -0.465 e. The SMILES string of the molecule is C/C=C/C=N/n1c(=O)cc(C(=O)OC)sc1=Nc1ccccc1. The molecule has 23 heavy (non-hydrogen) atoms. The Hall–Kier alpha value is -2.80. The summed E-state index contributed by atoms with van der Waals surface area (Å²) >= 11 is 1.03. The third kappa shape index (κ3) is 4.33. The van der Waals surface area contributed by atoms with Crippen LogP contribution >= 0.6 is 11.3 Å². The predicted octanol–water partition coefficient (Wildman–Crippen LogP) is 2.34. The molecule has 0 N–H and O–H groups in total. The van der Waals surface area contributed by atoms with Crippen molar-refractivity contribution in [1.29, 1.82) is 0 Å². The fourth-order valence-corrected chi connectivity index (χ4v) is 2.52. The van der Waals surface area contributed by atoms with Gasteiger partial charge in [0.1, 0.15) is 4.88 Å². The molecule has 0 saturated heterocycles. The van der Waals surface area contributed by atoms with Gasteiger partial charge in [-0.15, -0.1) is 0 Å². The highest BCUT2D eigenvalue weighted by Gasteiger charge is 2.11. The maximum absolute atomic E-state index is 12.2. The van der Waals surface area contributed by atoms with Gasteiger partial charge in [-0.05, 0) is 25.1 Å². The standard InChI is InChI=1S/C16H15N3O3S/c1-3-4-10-17-19-14(20)11-13(15(21)22-2)23-16(19)18-12-8-6-5-7-9-12/h3-11H,1-2H3/b4-3+,17-10+,18-16?. The molecule has 0 bridgehead atoms. The Morgan fingerprint density at radius 3 is 2.70 bits per heavy atom. The zero-order chi connectivity index (χ0) is 16.7. The van der Waals surface area contributed by atoms with Gasteiger partial charge >= 0.3 is 5.97 Å². The Morgan fingerprint density at radius 1 is 1.30 bits per heavy atom. The van der Waals surface area contributed by atoms with Crippen LogP contribution < -0.4 is 10.4 Å². The molecule has 0 fully saturated rings. The van der Waals surface area contributed by atoms with E-state index in [0.717, 1.165) is 16.0 Å². The molecule has 0 spiro atoms. The Balaban J connectivity index is 2.68. The average molecular weight is 329 g/mol. The third-order valence-corrected chi connectivity index (χ3v) is 3.63. The van der Waals surface area contributed by atoms with E-state index in [-0.39, 0.29) is 9.68 Å². The number of hydrogen-bond acceptors (Lipinski definition) is 6. The predicted molar refractivity (Wildman–Crippen MR) is 90.3 cm³/mol. The molecule has 0 aliphatic rings. The zero-order valence-corrected chi connectivity index (χ0v) is 13.5. The summed E-state index contributed by atoms with van der Waals surface area (Å²) in [6, 6.07) is 10.3. The van der Waals surface area contributed by atoms with Crippen molar-refractivity contribution in [3.63, 3.8) is 0 Å². The first kappa shape index (κ1) is 16.6. The molecule has 118 valence electrons. The van der Waals surface area contributed by atoms with Crippen LogP contribution in [0.3, 0.4) is 0 Å². The van der Waals surface area contributed by atoms with E-state index in [2.05, 4.69) is 14.8 Å². The van der Waals surface area contributed by atoms with Crippen LogP contribution in [0, 0.1) is 0 Å². The second kappa shape index (κ2) is 8.00. The van der Waals surface area contributed by atoms with Crippen molar-refractivity contribution in [1.82, 2.24) is 4.68 Å². The number of para-hydroxylation sites is 1. The monoisotopic (exact) mass is 329 g/mol. The van der Waals surface area contributed by atoms with Crippen molar-refractivity contribution in [2.24, 2.45) is 10.1 Å². The van der Waals surface area contributed by atoms with E-state index in [4.69, 9.17) is 0 Å². The van der Waals surface area contributed by atoms with Crippen molar-refractivity contribution in [3.05, 3.63) is 68.6 Å². The largest absolute Gasteiger partial charge is 0.465 e. The summed E-state index contributed by atoms with van der Waals surface area (Å²) < 4.78 is 5.81. The first-order valence-corrected chi connectivity index (χ1v) is 7.58. The lowest BCUT2D eigenvalue weighted by Crippen LogP contribution is -2.29. The van der Waals surface area contributed by atoms with E-state index in [9.17, 15) is 9.59 Å². The fraction of sp³-hybridized carbons (Fsp3) is 0.125. The van der Waals surface area contributed by atoms with Gasteiger partial charge in [-0.25, -0.2) is 9.79 Å². The summed E-state index contributed by atoms with van der Waals surface area (Å²) in [5.74, 6) is -0.582. The number of allylic oxidation sites excluding steroid dienone is 2. The lowest BCUT2D eigenvalue weighted by atomic mass is 10.3. The number of ether oxygens (including phenoxy) is 1. The number of rotatable bonds is 4. The molecule has 7 heteroatoms. The van der Waals surface area contributed by atoms with Crippen LogP contribution in [0.2, 0.25) is 0 Å². The normalized spacial score (nSPS) is 12.2. The lowest BCUT2D eigenvalue weighted by molar-refractivity contribution is 0.0606. The molecular formula is C16H15N3O3S. The summed E-state index contributed by atoms with van der Waals surface area (Å²) in [4.78, 5) is 28.8. The van der Waals surface area contributed by atoms with Gasteiger partial charge in [0.15, 0.2) is 0 Å². The first-order valence-electron chi connectivity index (χ1n) is 6.76. The second-order valence-corrected chi connectivity index (χ2v) is 5.28. The Labute approximate surface area is 136 Å². The quantitative estimate of drug-likeness (QED) is 0.638. The summed E-state index contributed by atoms with van der Waals surface area (Å²) in [5, 5.41) is 4.07. The number of esters is 1. The van der Waals surface area contributed by atoms with Gasteiger partial charge in [0.2, 0.25) is 4.80 Å². The summed E-state index contributed by atoms with van der Waals surface area (Å²) in [7, 11) is 1.26. The van der Waals surface area contributed by atoms with Gasteiger partial charge in [-0.2, -0.15) is 9.78 Å². The Morgan fingerprint density at radius 2 is 2.04 bits per heavy atom. The molecule has 1 aromatic heterocycles. The van der Waals surface area contributed by atoms with Gasteiger partial charge in [0.05, 0.1) is 12.8 Å². The van der Waals surface area contributed by atoms with Gasteiger partial charge in [-0.3, -0.25) is 4.79 Å². The van der Waals surface area contributed by atoms with Crippen LogP contribution in [0.5, 0.6) is 0 Å². The molecule has 0 saturated carbocycles. The van der Waals surface area contributed by atoms with Gasteiger partial charge in [0.25, 0.3) is 5.56 Å². The van der Waals surface area contributed by atoms with Crippen LogP contribution in [0.25, 0.3) is 0 Å². The maximum atomic E-state index is 12.2. The summed E-state index contributed by atoms with van der Waals surface area (Å²) in [6.07, 6.45) is 4.96. The average Bonchev–Trinajstić information content (AvgIpc) is 2.57. The smallest absolute Gasteiger partial charge is 0.348 e. The van der Waals surface area contributed by atoms with Crippen LogP contribution in [-0.4, -0.2) is 24.0 Å². The number of benzene rings is 1. The van der Waals surface area contributed by atoms with Crippen molar-refractivity contribution in [3.8, 4) is 0 Å². The van der Waals surface area contributed by atoms with Crippen molar-refractivity contribution in [2.75, 3.05) is 7.11 Å².